The van der Waals surface area contributed by atoms with Gasteiger partial charge in [-0.1, -0.05) is 6.07 Å². The predicted octanol–water partition coefficient (Wildman–Crippen LogP) is 3.76. The van der Waals surface area contributed by atoms with Gasteiger partial charge in [-0.15, -0.1) is 0 Å². The van der Waals surface area contributed by atoms with Crippen LogP contribution >= 0.6 is 0 Å². The Bertz CT molecular complexity index is 873. The molecule has 1 N–H and O–H groups in total. The molecule has 0 aliphatic rings. The first kappa shape index (κ1) is 20.8. The van der Waals surface area contributed by atoms with Gasteiger partial charge < -0.3 is 9.64 Å². The minimum absolute atomic E-state index is 0.0404. The Balaban J connectivity index is 2.21. The van der Waals surface area contributed by atoms with Crippen LogP contribution in [0.4, 0.5) is 5.69 Å². The van der Waals surface area contributed by atoms with Gasteiger partial charge in [0.25, 0.3) is 15.9 Å². The summed E-state index contributed by atoms with van der Waals surface area (Å²) in [7, 11) is -3.81. The molecule has 0 saturated heterocycles. The highest BCUT2D eigenvalue weighted by Gasteiger charge is 2.18. The number of benzene rings is 2. The molecule has 0 bridgehead atoms. The lowest BCUT2D eigenvalue weighted by Crippen LogP contribution is -2.30. The van der Waals surface area contributed by atoms with Crippen LogP contribution in [0.2, 0.25) is 0 Å². The zero-order valence-corrected chi connectivity index (χ0v) is 16.9. The zero-order chi connectivity index (χ0) is 20.0. The molecule has 0 unspecified atom stereocenters. The van der Waals surface area contributed by atoms with E-state index in [1.807, 2.05) is 27.7 Å². The number of amides is 1. The molecule has 7 heteroatoms. The van der Waals surface area contributed by atoms with Crippen molar-refractivity contribution in [3.05, 3.63) is 54.1 Å². The minimum atomic E-state index is -3.81. The summed E-state index contributed by atoms with van der Waals surface area (Å²) in [5, 5.41) is 0. The molecule has 146 valence electrons. The van der Waals surface area contributed by atoms with Gasteiger partial charge in [-0.05, 0) is 70.2 Å². The van der Waals surface area contributed by atoms with Crippen LogP contribution in [0.1, 0.15) is 38.1 Å². The second kappa shape index (κ2) is 8.90. The Kier molecular flexibility index (Phi) is 6.85. The van der Waals surface area contributed by atoms with Crippen LogP contribution in [-0.2, 0) is 10.0 Å². The van der Waals surface area contributed by atoms with Crippen LogP contribution in [0.5, 0.6) is 5.75 Å². The fourth-order valence-electron chi connectivity index (χ4n) is 2.58. The lowest BCUT2D eigenvalue weighted by Gasteiger charge is -2.19. The monoisotopic (exact) mass is 390 g/mol. The van der Waals surface area contributed by atoms with E-state index in [4.69, 9.17) is 4.74 Å². The van der Waals surface area contributed by atoms with Crippen molar-refractivity contribution in [3.63, 3.8) is 0 Å². The summed E-state index contributed by atoms with van der Waals surface area (Å²) in [5.74, 6) is 0.479. The van der Waals surface area contributed by atoms with E-state index >= 15 is 0 Å². The predicted molar refractivity (Wildman–Crippen MR) is 107 cm³/mol. The summed E-state index contributed by atoms with van der Waals surface area (Å²) in [5.41, 5.74) is 0.772. The molecule has 6 nitrogen and oxygen atoms in total. The van der Waals surface area contributed by atoms with Crippen molar-refractivity contribution in [2.75, 3.05) is 17.8 Å². The minimum Gasteiger partial charge on any atom is -0.491 e. The van der Waals surface area contributed by atoms with Gasteiger partial charge in [0.05, 0.1) is 11.0 Å². The molecular formula is C20H26N2O4S. The Morgan fingerprint density at radius 3 is 2.26 bits per heavy atom. The molecular weight excluding hydrogens is 364 g/mol. The Hall–Kier alpha value is -2.54. The second-order valence-corrected chi connectivity index (χ2v) is 7.98. The van der Waals surface area contributed by atoms with E-state index in [-0.39, 0.29) is 16.9 Å². The number of ether oxygens (including phenoxy) is 1. The molecule has 0 aliphatic carbocycles. The summed E-state index contributed by atoms with van der Waals surface area (Å²) in [6, 6.07) is 12.8. The van der Waals surface area contributed by atoms with Crippen LogP contribution in [-0.4, -0.2) is 38.4 Å². The number of carbonyl (C=O) groups is 1. The fraction of sp³-hybridized carbons (Fsp3) is 0.350. The average Bonchev–Trinajstić information content (AvgIpc) is 2.64. The lowest BCUT2D eigenvalue weighted by atomic mass is 10.2. The maximum atomic E-state index is 12.7. The zero-order valence-electron chi connectivity index (χ0n) is 16.1. The van der Waals surface area contributed by atoms with E-state index in [1.165, 1.54) is 12.1 Å². The standard InChI is InChI=1S/C20H26N2O4S/c1-5-22(6-2)20(23)16-8-7-9-19(14-16)27(24,25)21-17-10-12-18(13-11-17)26-15(3)4/h7-15,21H,5-6H2,1-4H3. The van der Waals surface area contributed by atoms with E-state index in [0.717, 1.165) is 0 Å². The van der Waals surface area contributed by atoms with Gasteiger partial charge in [0.1, 0.15) is 5.75 Å². The van der Waals surface area contributed by atoms with Gasteiger partial charge in [-0.25, -0.2) is 8.42 Å². The van der Waals surface area contributed by atoms with Gasteiger partial charge >= 0.3 is 0 Å². The number of nitrogens with one attached hydrogen (secondary N) is 1. The highest BCUT2D eigenvalue weighted by Crippen LogP contribution is 2.21. The number of hydrogen-bond acceptors (Lipinski definition) is 4. The van der Waals surface area contributed by atoms with Crippen molar-refractivity contribution in [1.29, 1.82) is 0 Å². The maximum absolute atomic E-state index is 12.7. The van der Waals surface area contributed by atoms with Gasteiger partial charge in [-0.3, -0.25) is 9.52 Å². The molecule has 0 radical (unpaired) electrons. The van der Waals surface area contributed by atoms with E-state index in [1.54, 1.807) is 41.3 Å². The van der Waals surface area contributed by atoms with Crippen LogP contribution in [0, 0.1) is 0 Å². The van der Waals surface area contributed by atoms with Crippen LogP contribution < -0.4 is 9.46 Å². The summed E-state index contributed by atoms with van der Waals surface area (Å²) in [6.45, 7) is 8.74. The van der Waals surface area contributed by atoms with Crippen molar-refractivity contribution in [3.8, 4) is 5.75 Å². The summed E-state index contributed by atoms with van der Waals surface area (Å²) < 4.78 is 33.4. The first-order chi connectivity index (χ1) is 12.8. The number of nitrogens with zero attached hydrogens (tertiary/aromatic N) is 1. The number of rotatable bonds is 8. The average molecular weight is 391 g/mol. The molecule has 0 spiro atoms. The van der Waals surface area contributed by atoms with E-state index in [9.17, 15) is 13.2 Å². The first-order valence-corrected chi connectivity index (χ1v) is 10.4. The third-order valence-corrected chi connectivity index (χ3v) is 5.30. The highest BCUT2D eigenvalue weighted by molar-refractivity contribution is 7.92. The van der Waals surface area contributed by atoms with Gasteiger partial charge in [-0.2, -0.15) is 0 Å². The lowest BCUT2D eigenvalue weighted by molar-refractivity contribution is 0.0772. The maximum Gasteiger partial charge on any atom is 0.261 e. The normalized spacial score (nSPS) is 11.3. The summed E-state index contributed by atoms with van der Waals surface area (Å²) in [4.78, 5) is 14.2. The third kappa shape index (κ3) is 5.47. The van der Waals surface area contributed by atoms with Crippen molar-refractivity contribution in [2.24, 2.45) is 0 Å². The van der Waals surface area contributed by atoms with Crippen molar-refractivity contribution < 1.29 is 17.9 Å². The molecule has 27 heavy (non-hydrogen) atoms. The molecule has 0 fully saturated rings. The van der Waals surface area contributed by atoms with E-state index in [2.05, 4.69) is 4.72 Å². The second-order valence-electron chi connectivity index (χ2n) is 6.30. The topological polar surface area (TPSA) is 75.7 Å². The van der Waals surface area contributed by atoms with Gasteiger partial charge in [0.2, 0.25) is 0 Å². The van der Waals surface area contributed by atoms with E-state index < -0.39 is 10.0 Å². The molecule has 0 heterocycles. The Labute approximate surface area is 161 Å². The fourth-order valence-corrected chi connectivity index (χ4v) is 3.68. The smallest absolute Gasteiger partial charge is 0.261 e. The summed E-state index contributed by atoms with van der Waals surface area (Å²) in [6.07, 6.45) is 0.0404. The number of anilines is 1. The quantitative estimate of drug-likeness (QED) is 0.745. The molecule has 0 saturated carbocycles. The SMILES string of the molecule is CCN(CC)C(=O)c1cccc(S(=O)(=O)Nc2ccc(OC(C)C)cc2)c1. The third-order valence-electron chi connectivity index (χ3n) is 3.92. The molecule has 2 rings (SSSR count). The molecule has 0 aromatic heterocycles. The number of sulfonamides is 1. The molecule has 0 aliphatic heterocycles. The molecule has 0 atom stereocenters. The number of hydrogen-bond donors (Lipinski definition) is 1. The van der Waals surface area contributed by atoms with Crippen LogP contribution in [0.25, 0.3) is 0 Å². The largest absolute Gasteiger partial charge is 0.491 e. The van der Waals surface area contributed by atoms with Crippen molar-refractivity contribution >= 4 is 21.6 Å². The highest BCUT2D eigenvalue weighted by atomic mass is 32.2. The number of carbonyl (C=O) groups excluding carboxylic acids is 1. The van der Waals surface area contributed by atoms with Crippen LogP contribution in [0.15, 0.2) is 53.4 Å². The first-order valence-electron chi connectivity index (χ1n) is 8.95. The van der Waals surface area contributed by atoms with Crippen LogP contribution in [0.3, 0.4) is 0 Å². The molecule has 2 aromatic rings. The Morgan fingerprint density at radius 2 is 1.70 bits per heavy atom. The van der Waals surface area contributed by atoms with Gasteiger partial charge in [0, 0.05) is 24.3 Å². The Morgan fingerprint density at radius 1 is 1.07 bits per heavy atom. The molecule has 1 amide bonds. The van der Waals surface area contributed by atoms with Crippen molar-refractivity contribution in [2.45, 2.75) is 38.7 Å². The summed E-state index contributed by atoms with van der Waals surface area (Å²) >= 11 is 0. The van der Waals surface area contributed by atoms with Crippen molar-refractivity contribution in [1.82, 2.24) is 4.90 Å². The van der Waals surface area contributed by atoms with Gasteiger partial charge in [0.15, 0.2) is 0 Å². The van der Waals surface area contributed by atoms with E-state index in [0.29, 0.717) is 30.1 Å². The molecule has 2 aromatic carbocycles.